The number of imidazole rings is 1. The van der Waals surface area contributed by atoms with Gasteiger partial charge in [0.05, 0.1) is 23.3 Å². The Bertz CT molecular complexity index is 1200. The normalized spacial score (nSPS) is 11.1. The van der Waals surface area contributed by atoms with Gasteiger partial charge in [-0.05, 0) is 39.0 Å². The summed E-state index contributed by atoms with van der Waals surface area (Å²) in [4.78, 5) is 50.7. The lowest BCUT2D eigenvalue weighted by molar-refractivity contribution is 0.0523. The first kappa shape index (κ1) is 18.4. The highest BCUT2D eigenvalue weighted by atomic mass is 16.5. The van der Waals surface area contributed by atoms with Crippen molar-refractivity contribution in [2.45, 2.75) is 33.9 Å². The number of carbonyl (C=O) groups is 1. The number of carbonyl (C=O) groups excluding carboxylic acids is 1. The maximum atomic E-state index is 12.5. The van der Waals surface area contributed by atoms with Gasteiger partial charge in [0, 0.05) is 19.3 Å². The summed E-state index contributed by atoms with van der Waals surface area (Å²) in [6.45, 7) is 6.47. The lowest BCUT2D eigenvalue weighted by Gasteiger charge is -2.08. The van der Waals surface area contributed by atoms with Crippen molar-refractivity contribution < 1.29 is 9.53 Å². The molecular formula is C18H20N4O5. The lowest BCUT2D eigenvalue weighted by atomic mass is 10.2. The van der Waals surface area contributed by atoms with Crippen molar-refractivity contribution in [2.24, 2.45) is 0 Å². The van der Waals surface area contributed by atoms with Crippen LogP contribution in [0.25, 0.3) is 16.7 Å². The molecule has 1 N–H and O–H groups in total. The Balaban J connectivity index is 2.25. The Labute approximate surface area is 153 Å². The van der Waals surface area contributed by atoms with E-state index in [9.17, 15) is 19.2 Å². The van der Waals surface area contributed by atoms with Crippen LogP contribution in [0.2, 0.25) is 0 Å². The minimum Gasteiger partial charge on any atom is -0.462 e. The summed E-state index contributed by atoms with van der Waals surface area (Å²) in [7, 11) is 0. The number of hydrogen-bond acceptors (Lipinski definition) is 5. The van der Waals surface area contributed by atoms with Gasteiger partial charge in [0.2, 0.25) is 0 Å². The number of aromatic amines is 1. The molecule has 9 heteroatoms. The fourth-order valence-corrected chi connectivity index (χ4v) is 3.09. The number of nitrogens with zero attached hydrogens (tertiary/aromatic N) is 3. The average molecular weight is 372 g/mol. The summed E-state index contributed by atoms with van der Waals surface area (Å²) in [5, 5.41) is 0. The topological polar surface area (TPSA) is 108 Å². The largest absolute Gasteiger partial charge is 0.462 e. The summed E-state index contributed by atoms with van der Waals surface area (Å²) in [6.07, 6.45) is 1.16. The fraction of sp³-hybridized carbons (Fsp3) is 0.333. The number of esters is 1. The molecule has 0 aliphatic rings. The van der Waals surface area contributed by atoms with Crippen LogP contribution >= 0.6 is 0 Å². The maximum Gasteiger partial charge on any atom is 0.345 e. The van der Waals surface area contributed by atoms with Gasteiger partial charge in [-0.2, -0.15) is 0 Å². The van der Waals surface area contributed by atoms with Crippen LogP contribution in [-0.2, 0) is 17.8 Å². The monoisotopic (exact) mass is 372 g/mol. The Kier molecular flexibility index (Phi) is 4.85. The van der Waals surface area contributed by atoms with E-state index >= 15 is 0 Å². The quantitative estimate of drug-likeness (QED) is 0.668. The molecular weight excluding hydrogens is 352 g/mol. The highest BCUT2D eigenvalue weighted by Gasteiger charge is 2.16. The number of ether oxygens (including phenoxy) is 1. The van der Waals surface area contributed by atoms with Gasteiger partial charge in [0.25, 0.3) is 5.56 Å². The molecule has 0 unspecified atom stereocenters. The van der Waals surface area contributed by atoms with Gasteiger partial charge >= 0.3 is 17.3 Å². The number of fused-ring (bicyclic) bond motifs is 1. The fourth-order valence-electron chi connectivity index (χ4n) is 3.09. The van der Waals surface area contributed by atoms with Crippen molar-refractivity contribution in [2.75, 3.05) is 6.61 Å². The highest BCUT2D eigenvalue weighted by molar-refractivity contribution is 5.88. The predicted octanol–water partition coefficient (Wildman–Crippen LogP) is 0.859. The van der Waals surface area contributed by atoms with E-state index < -0.39 is 17.2 Å². The molecule has 3 aromatic rings. The molecule has 2 heterocycles. The molecule has 0 fully saturated rings. The van der Waals surface area contributed by atoms with Crippen LogP contribution < -0.4 is 16.9 Å². The molecule has 0 radical (unpaired) electrons. The van der Waals surface area contributed by atoms with Gasteiger partial charge in [-0.15, -0.1) is 0 Å². The van der Waals surface area contributed by atoms with Crippen LogP contribution in [-0.4, -0.2) is 31.3 Å². The first-order valence-corrected chi connectivity index (χ1v) is 8.69. The SMILES string of the molecule is CCOC(=O)c1cn(-c2ccc3c(c2)n(CC)c(=O)n3CC)c(=O)[nH]c1=O. The Morgan fingerprint density at radius 1 is 1.04 bits per heavy atom. The maximum absolute atomic E-state index is 12.5. The van der Waals surface area contributed by atoms with Crippen LogP contribution in [0.5, 0.6) is 0 Å². The van der Waals surface area contributed by atoms with E-state index in [4.69, 9.17) is 4.74 Å². The molecule has 0 atom stereocenters. The van der Waals surface area contributed by atoms with Crippen molar-refractivity contribution in [3.05, 3.63) is 61.3 Å². The molecule has 0 bridgehead atoms. The third-order valence-electron chi connectivity index (χ3n) is 4.35. The van der Waals surface area contributed by atoms with Crippen molar-refractivity contribution in [3.8, 4) is 5.69 Å². The molecule has 0 saturated carbocycles. The van der Waals surface area contributed by atoms with E-state index in [1.54, 1.807) is 34.3 Å². The molecule has 0 saturated heterocycles. The summed E-state index contributed by atoms with van der Waals surface area (Å²) < 4.78 is 9.25. The molecule has 142 valence electrons. The molecule has 3 rings (SSSR count). The van der Waals surface area contributed by atoms with Crippen molar-refractivity contribution in [3.63, 3.8) is 0 Å². The minimum absolute atomic E-state index is 0.108. The number of H-pyrrole nitrogens is 1. The summed E-state index contributed by atoms with van der Waals surface area (Å²) in [6, 6.07) is 5.08. The highest BCUT2D eigenvalue weighted by Crippen LogP contribution is 2.17. The summed E-state index contributed by atoms with van der Waals surface area (Å²) in [5.74, 6) is -0.809. The number of aryl methyl sites for hydroxylation is 2. The van der Waals surface area contributed by atoms with Crippen LogP contribution in [0.4, 0.5) is 0 Å². The third-order valence-corrected chi connectivity index (χ3v) is 4.35. The van der Waals surface area contributed by atoms with Gasteiger partial charge in [-0.25, -0.2) is 14.4 Å². The standard InChI is InChI=1S/C18H20N4O5/c1-4-20-13-8-7-11(9-14(13)21(5-2)18(20)26)22-10-12(16(24)27-6-3)15(23)19-17(22)25/h7-10H,4-6H2,1-3H3,(H,19,23,25). The molecule has 0 amide bonds. The lowest BCUT2D eigenvalue weighted by Crippen LogP contribution is -2.33. The Hall–Kier alpha value is -3.36. The zero-order valence-corrected chi connectivity index (χ0v) is 15.3. The van der Waals surface area contributed by atoms with Crippen molar-refractivity contribution in [1.29, 1.82) is 0 Å². The minimum atomic E-state index is -0.809. The molecule has 0 aliphatic carbocycles. The van der Waals surface area contributed by atoms with Gasteiger partial charge in [0.1, 0.15) is 5.56 Å². The first-order valence-electron chi connectivity index (χ1n) is 8.69. The van der Waals surface area contributed by atoms with Gasteiger partial charge in [0.15, 0.2) is 0 Å². The van der Waals surface area contributed by atoms with Crippen LogP contribution in [0.15, 0.2) is 38.8 Å². The Morgan fingerprint density at radius 2 is 1.70 bits per heavy atom. The second kappa shape index (κ2) is 7.10. The van der Waals surface area contributed by atoms with Crippen LogP contribution in [0.1, 0.15) is 31.1 Å². The van der Waals surface area contributed by atoms with E-state index in [2.05, 4.69) is 4.98 Å². The second-order valence-electron chi connectivity index (χ2n) is 5.84. The number of rotatable bonds is 5. The molecule has 27 heavy (non-hydrogen) atoms. The second-order valence-corrected chi connectivity index (χ2v) is 5.84. The third kappa shape index (κ3) is 3.01. The van der Waals surface area contributed by atoms with Crippen LogP contribution in [0, 0.1) is 0 Å². The molecule has 1 aromatic carbocycles. The van der Waals surface area contributed by atoms with Crippen molar-refractivity contribution in [1.82, 2.24) is 18.7 Å². The number of benzene rings is 1. The van der Waals surface area contributed by atoms with Gasteiger partial charge in [-0.1, -0.05) is 0 Å². The van der Waals surface area contributed by atoms with E-state index in [0.29, 0.717) is 24.3 Å². The summed E-state index contributed by atoms with van der Waals surface area (Å²) in [5.41, 5.74) is -0.0617. The van der Waals surface area contributed by atoms with E-state index in [-0.39, 0.29) is 17.9 Å². The molecule has 2 aromatic heterocycles. The number of hydrogen-bond donors (Lipinski definition) is 1. The van der Waals surface area contributed by atoms with Gasteiger partial charge < -0.3 is 4.74 Å². The summed E-state index contributed by atoms with van der Waals surface area (Å²) >= 11 is 0. The van der Waals surface area contributed by atoms with Gasteiger partial charge in [-0.3, -0.25) is 23.5 Å². The molecule has 0 spiro atoms. The molecule has 0 aliphatic heterocycles. The van der Waals surface area contributed by atoms with E-state index in [0.717, 1.165) is 16.3 Å². The zero-order valence-electron chi connectivity index (χ0n) is 15.3. The molecule has 9 nitrogen and oxygen atoms in total. The number of nitrogens with one attached hydrogen (secondary N) is 1. The Morgan fingerprint density at radius 3 is 2.33 bits per heavy atom. The predicted molar refractivity (Wildman–Crippen MR) is 99.7 cm³/mol. The smallest absolute Gasteiger partial charge is 0.345 e. The first-order chi connectivity index (χ1) is 12.9. The zero-order chi connectivity index (χ0) is 19.7. The number of aromatic nitrogens is 4. The van der Waals surface area contributed by atoms with E-state index in [1.807, 2.05) is 13.8 Å². The van der Waals surface area contributed by atoms with Crippen LogP contribution in [0.3, 0.4) is 0 Å². The van der Waals surface area contributed by atoms with Crippen molar-refractivity contribution >= 4 is 17.0 Å². The van der Waals surface area contributed by atoms with E-state index in [1.165, 1.54) is 0 Å². The average Bonchev–Trinajstić information content (AvgIpc) is 2.91.